The first-order valence-corrected chi connectivity index (χ1v) is 14.9. The van der Waals surface area contributed by atoms with E-state index in [2.05, 4.69) is 26.0 Å². The number of aryl methyl sites for hydroxylation is 1. The zero-order chi connectivity index (χ0) is 35.2. The third-order valence-electron chi connectivity index (χ3n) is 8.17. The van der Waals surface area contributed by atoms with Gasteiger partial charge in [-0.25, -0.2) is 9.78 Å². The number of nitrogens with zero attached hydrogens (tertiary/aromatic N) is 6. The van der Waals surface area contributed by atoms with Crippen LogP contribution in [0.2, 0.25) is 0 Å². The maximum atomic E-state index is 13.6. The molecule has 2 aliphatic rings. The molecule has 256 valence electrons. The summed E-state index contributed by atoms with van der Waals surface area (Å²) >= 11 is 0. The van der Waals surface area contributed by atoms with Gasteiger partial charge in [0.05, 0.1) is 23.5 Å². The van der Waals surface area contributed by atoms with Gasteiger partial charge in [-0.15, -0.1) is 0 Å². The first-order chi connectivity index (χ1) is 22.8. The van der Waals surface area contributed by atoms with Crippen molar-refractivity contribution in [2.45, 2.75) is 51.0 Å². The average molecular weight is 673 g/mol. The van der Waals surface area contributed by atoms with Crippen LogP contribution in [0.15, 0.2) is 30.6 Å². The molecule has 5 rings (SSSR count). The quantitative estimate of drug-likeness (QED) is 0.222. The van der Waals surface area contributed by atoms with Gasteiger partial charge >= 0.3 is 12.2 Å². The monoisotopic (exact) mass is 672 g/mol. The molecule has 48 heavy (non-hydrogen) atoms. The van der Waals surface area contributed by atoms with Crippen molar-refractivity contribution in [1.82, 2.24) is 34.9 Å². The summed E-state index contributed by atoms with van der Waals surface area (Å²) < 4.78 is 42.9. The van der Waals surface area contributed by atoms with Crippen molar-refractivity contribution in [3.63, 3.8) is 0 Å². The van der Waals surface area contributed by atoms with E-state index in [4.69, 9.17) is 20.9 Å². The molecular formula is C30H35F3N10O5. The van der Waals surface area contributed by atoms with Crippen LogP contribution in [0.4, 0.5) is 23.7 Å². The van der Waals surface area contributed by atoms with Crippen LogP contribution in [0.3, 0.4) is 0 Å². The van der Waals surface area contributed by atoms with E-state index in [1.54, 1.807) is 36.1 Å². The van der Waals surface area contributed by atoms with E-state index in [0.29, 0.717) is 55.2 Å². The number of carbonyl (C=O) groups is 4. The molecule has 0 spiro atoms. The van der Waals surface area contributed by atoms with Crippen LogP contribution in [0, 0.1) is 24.2 Å². The van der Waals surface area contributed by atoms with Crippen LogP contribution in [-0.2, 0) is 24.6 Å². The van der Waals surface area contributed by atoms with Crippen molar-refractivity contribution in [2.75, 3.05) is 25.0 Å². The highest BCUT2D eigenvalue weighted by atomic mass is 19.4. The minimum atomic E-state index is -4.78. The smallest absolute Gasteiger partial charge is 0.435 e. The van der Waals surface area contributed by atoms with E-state index in [9.17, 15) is 27.6 Å². The molecule has 0 bridgehead atoms. The minimum Gasteiger partial charge on any atom is -0.483 e. The Bertz CT molecular complexity index is 1710. The van der Waals surface area contributed by atoms with Gasteiger partial charge < -0.3 is 36.3 Å². The molecule has 1 unspecified atom stereocenters. The predicted octanol–water partition coefficient (Wildman–Crippen LogP) is 2.34. The largest absolute Gasteiger partial charge is 0.483 e. The molecule has 1 saturated heterocycles. The van der Waals surface area contributed by atoms with Gasteiger partial charge in [0.15, 0.2) is 11.5 Å². The van der Waals surface area contributed by atoms with Crippen molar-refractivity contribution in [3.8, 4) is 17.3 Å². The van der Waals surface area contributed by atoms with Crippen LogP contribution in [0.1, 0.15) is 51.5 Å². The van der Waals surface area contributed by atoms with Gasteiger partial charge in [0.1, 0.15) is 6.54 Å². The normalized spacial score (nSPS) is 18.5. The number of carbonyl (C=O) groups excluding carboxylic acids is 3. The topological polar surface area (TPSA) is 213 Å². The highest BCUT2D eigenvalue weighted by Crippen LogP contribution is 2.36. The van der Waals surface area contributed by atoms with E-state index in [1.165, 1.54) is 11.6 Å². The van der Waals surface area contributed by atoms with Gasteiger partial charge in [0.25, 0.3) is 18.3 Å². The maximum absolute atomic E-state index is 13.6. The molecule has 1 aliphatic carbocycles. The zero-order valence-electron chi connectivity index (χ0n) is 26.1. The minimum absolute atomic E-state index is 0.00561. The standard InChI is InChI=1S/C29H33F3N10O3.CH2O2/c1-16-9-18(3-4-21(16)26(43)37-19-10-20(11-19)38-28(45)41-7-5-17(12-34)14-41)36-27(44)25-35-13-23(40(25)2)22-15-42(8-6-33)39-24(22)29(30,31)32;2-1-3/h3-4,9,13,15,17,19-20H,5,7-8,10-12,14,34H2,1-2H3,(H,36,44)(H,37,43)(H,38,45);1H,(H,2,3). The maximum Gasteiger partial charge on any atom is 0.435 e. The molecule has 6 N–H and O–H groups in total. The van der Waals surface area contributed by atoms with Crippen molar-refractivity contribution in [3.05, 3.63) is 53.2 Å². The summed E-state index contributed by atoms with van der Waals surface area (Å²) in [5.74, 6) is -0.769. The second-order valence-electron chi connectivity index (χ2n) is 11.5. The number of nitriles is 1. The van der Waals surface area contributed by atoms with Gasteiger partial charge in [0, 0.05) is 49.7 Å². The Morgan fingerprint density at radius 2 is 1.88 bits per heavy atom. The van der Waals surface area contributed by atoms with Crippen LogP contribution < -0.4 is 21.7 Å². The number of benzene rings is 1. The molecule has 2 fully saturated rings. The number of nitrogens with one attached hydrogen (secondary N) is 3. The van der Waals surface area contributed by atoms with Crippen molar-refractivity contribution < 1.29 is 37.5 Å². The number of hydrogen-bond donors (Lipinski definition) is 5. The fraction of sp³-hybridized carbons (Fsp3) is 0.433. The van der Waals surface area contributed by atoms with E-state index < -0.39 is 17.8 Å². The summed E-state index contributed by atoms with van der Waals surface area (Å²) in [6.45, 7) is 3.00. The van der Waals surface area contributed by atoms with Crippen molar-refractivity contribution in [2.24, 2.45) is 18.7 Å². The molecule has 15 nitrogen and oxygen atoms in total. The lowest BCUT2D eigenvalue weighted by Gasteiger charge is -2.37. The van der Waals surface area contributed by atoms with E-state index in [-0.39, 0.29) is 54.1 Å². The SMILES string of the molecule is Cc1cc(NC(=O)c2ncc(-c3cn(CC#N)nc3C(F)(F)F)n2C)ccc1C(=O)NC1CC(NC(=O)N2CCC(CN)C2)C1.O=CO. The van der Waals surface area contributed by atoms with Crippen LogP contribution in [0.5, 0.6) is 0 Å². The first-order valence-electron chi connectivity index (χ1n) is 14.9. The number of hydrogen-bond acceptors (Lipinski definition) is 8. The number of nitrogens with two attached hydrogens (primary N) is 1. The fourth-order valence-corrected chi connectivity index (χ4v) is 5.62. The zero-order valence-corrected chi connectivity index (χ0v) is 26.1. The summed E-state index contributed by atoms with van der Waals surface area (Å²) in [5.41, 5.74) is 5.56. The lowest BCUT2D eigenvalue weighted by Crippen LogP contribution is -2.55. The summed E-state index contributed by atoms with van der Waals surface area (Å²) in [4.78, 5) is 52.6. The van der Waals surface area contributed by atoms with Crippen molar-refractivity contribution >= 4 is 30.0 Å². The number of rotatable bonds is 8. The number of urea groups is 1. The van der Waals surface area contributed by atoms with Crippen molar-refractivity contribution in [1.29, 1.82) is 5.26 Å². The number of likely N-dealkylation sites (tertiary alicyclic amines) is 1. The molecule has 2 aromatic heterocycles. The molecule has 0 radical (unpaired) electrons. The van der Waals surface area contributed by atoms with Crippen LogP contribution >= 0.6 is 0 Å². The summed E-state index contributed by atoms with van der Waals surface area (Å²) in [5, 5.41) is 27.9. The highest BCUT2D eigenvalue weighted by Gasteiger charge is 2.39. The van der Waals surface area contributed by atoms with Gasteiger partial charge in [-0.3, -0.25) is 19.1 Å². The molecule has 1 aliphatic heterocycles. The Labute approximate surface area is 272 Å². The molecule has 3 heterocycles. The Morgan fingerprint density at radius 1 is 1.19 bits per heavy atom. The van der Waals surface area contributed by atoms with Gasteiger partial charge in [-0.05, 0) is 62.4 Å². The summed E-state index contributed by atoms with van der Waals surface area (Å²) in [6.07, 6.45) is -0.418. The number of amides is 4. The number of carboxylic acid groups (broad SMARTS) is 1. The number of aromatic nitrogens is 4. The Balaban J connectivity index is 0.00000167. The lowest BCUT2D eigenvalue weighted by molar-refractivity contribution is -0.141. The molecule has 3 aromatic rings. The van der Waals surface area contributed by atoms with Gasteiger partial charge in [-0.1, -0.05) is 0 Å². The molecule has 4 amide bonds. The predicted molar refractivity (Wildman–Crippen MR) is 164 cm³/mol. The number of halogens is 3. The molecule has 1 aromatic carbocycles. The second-order valence-corrected chi connectivity index (χ2v) is 11.5. The first kappa shape index (κ1) is 35.4. The Morgan fingerprint density at radius 3 is 2.48 bits per heavy atom. The summed E-state index contributed by atoms with van der Waals surface area (Å²) in [6, 6.07) is 6.27. The van der Waals surface area contributed by atoms with Crippen LogP contribution in [0.25, 0.3) is 11.3 Å². The second kappa shape index (κ2) is 15.0. The molecule has 1 saturated carbocycles. The van der Waals surface area contributed by atoms with E-state index >= 15 is 0 Å². The molecular weight excluding hydrogens is 637 g/mol. The van der Waals surface area contributed by atoms with Crippen LogP contribution in [-0.4, -0.2) is 85.4 Å². The lowest BCUT2D eigenvalue weighted by atomic mass is 9.86. The van der Waals surface area contributed by atoms with Gasteiger partial charge in [-0.2, -0.15) is 23.5 Å². The van der Waals surface area contributed by atoms with E-state index in [0.717, 1.165) is 23.5 Å². The highest BCUT2D eigenvalue weighted by molar-refractivity contribution is 6.03. The fourth-order valence-electron chi connectivity index (χ4n) is 5.62. The molecule has 18 heteroatoms. The number of anilines is 1. The number of alkyl halides is 3. The third-order valence-corrected chi connectivity index (χ3v) is 8.17. The van der Waals surface area contributed by atoms with Gasteiger partial charge in [0.2, 0.25) is 0 Å². The third kappa shape index (κ3) is 8.09. The Hall–Kier alpha value is -5.44. The Kier molecular flexibility index (Phi) is 11.1. The number of imidazole rings is 1. The van der Waals surface area contributed by atoms with E-state index in [1.807, 2.05) is 0 Å². The summed E-state index contributed by atoms with van der Waals surface area (Å²) in [7, 11) is 1.40. The average Bonchev–Trinajstić information content (AvgIpc) is 3.75. The molecule has 1 atom stereocenters.